The fraction of sp³-hybridized carbons (Fsp3) is 0.400. The number of halogens is 4. The average molecular weight is 264 g/mol. The van der Waals surface area contributed by atoms with Gasteiger partial charge in [-0.25, -0.2) is 9.97 Å². The van der Waals surface area contributed by atoms with Crippen LogP contribution in [0.3, 0.4) is 0 Å². The van der Waals surface area contributed by atoms with E-state index in [2.05, 4.69) is 9.97 Å². The van der Waals surface area contributed by atoms with Gasteiger partial charge in [0.15, 0.2) is 5.65 Å². The Hall–Kier alpha value is -1.30. The molecule has 2 heterocycles. The molecule has 0 saturated heterocycles. The summed E-state index contributed by atoms with van der Waals surface area (Å²) >= 11 is 5.68. The number of pyridine rings is 1. The SMILES string of the molecule is FC(F)(F)CCCn1cnc2nc(Cl)ccc21. The van der Waals surface area contributed by atoms with Crippen LogP contribution in [0, 0.1) is 0 Å². The first-order chi connectivity index (χ1) is 7.96. The minimum atomic E-state index is -4.11. The van der Waals surface area contributed by atoms with Crippen LogP contribution in [0.4, 0.5) is 13.2 Å². The summed E-state index contributed by atoms with van der Waals surface area (Å²) in [6.45, 7) is 0.263. The average Bonchev–Trinajstić information content (AvgIpc) is 2.59. The highest BCUT2D eigenvalue weighted by molar-refractivity contribution is 6.29. The second-order valence-electron chi connectivity index (χ2n) is 3.63. The second-order valence-corrected chi connectivity index (χ2v) is 4.02. The number of hydrogen-bond donors (Lipinski definition) is 0. The van der Waals surface area contributed by atoms with Gasteiger partial charge in [-0.05, 0) is 18.6 Å². The van der Waals surface area contributed by atoms with Crippen molar-refractivity contribution < 1.29 is 13.2 Å². The Balaban J connectivity index is 2.09. The van der Waals surface area contributed by atoms with E-state index in [-0.39, 0.29) is 13.0 Å². The molecule has 2 aromatic rings. The normalized spacial score (nSPS) is 12.2. The summed E-state index contributed by atoms with van der Waals surface area (Å²) < 4.78 is 37.6. The topological polar surface area (TPSA) is 30.7 Å². The molecule has 0 bridgehead atoms. The first-order valence-electron chi connectivity index (χ1n) is 5.00. The number of hydrogen-bond acceptors (Lipinski definition) is 2. The first-order valence-corrected chi connectivity index (χ1v) is 5.38. The van der Waals surface area contributed by atoms with E-state index >= 15 is 0 Å². The molecular weight excluding hydrogens is 255 g/mol. The van der Waals surface area contributed by atoms with Crippen LogP contribution in [0.1, 0.15) is 12.8 Å². The van der Waals surface area contributed by atoms with Gasteiger partial charge >= 0.3 is 6.18 Å². The number of imidazole rings is 1. The summed E-state index contributed by atoms with van der Waals surface area (Å²) in [6.07, 6.45) is -3.41. The van der Waals surface area contributed by atoms with E-state index in [1.165, 1.54) is 6.33 Å². The van der Waals surface area contributed by atoms with Crippen LogP contribution in [0.25, 0.3) is 11.2 Å². The fourth-order valence-corrected chi connectivity index (χ4v) is 1.69. The summed E-state index contributed by atoms with van der Waals surface area (Å²) in [4.78, 5) is 7.95. The molecule has 17 heavy (non-hydrogen) atoms. The lowest BCUT2D eigenvalue weighted by Gasteiger charge is -2.07. The third kappa shape index (κ3) is 3.09. The van der Waals surface area contributed by atoms with Crippen LogP contribution >= 0.6 is 11.6 Å². The predicted molar refractivity (Wildman–Crippen MR) is 57.8 cm³/mol. The van der Waals surface area contributed by atoms with Gasteiger partial charge in [0.1, 0.15) is 5.15 Å². The maximum Gasteiger partial charge on any atom is 0.389 e. The van der Waals surface area contributed by atoms with E-state index in [1.807, 2.05) is 0 Å². The highest BCUT2D eigenvalue weighted by atomic mass is 35.5. The quantitative estimate of drug-likeness (QED) is 0.795. The van der Waals surface area contributed by atoms with Crippen molar-refractivity contribution >= 4 is 22.8 Å². The van der Waals surface area contributed by atoms with Crippen molar-refractivity contribution in [2.24, 2.45) is 0 Å². The number of fused-ring (bicyclic) bond motifs is 1. The van der Waals surface area contributed by atoms with Gasteiger partial charge in [0, 0.05) is 13.0 Å². The van der Waals surface area contributed by atoms with Crippen molar-refractivity contribution in [3.05, 3.63) is 23.6 Å². The van der Waals surface area contributed by atoms with Crippen LogP contribution in [0.5, 0.6) is 0 Å². The Morgan fingerprint density at radius 3 is 2.76 bits per heavy atom. The Morgan fingerprint density at radius 1 is 1.29 bits per heavy atom. The summed E-state index contributed by atoms with van der Waals surface area (Å²) in [5.41, 5.74) is 1.14. The highest BCUT2D eigenvalue weighted by Gasteiger charge is 2.26. The molecule has 7 heteroatoms. The van der Waals surface area contributed by atoms with E-state index in [1.54, 1.807) is 16.7 Å². The van der Waals surface area contributed by atoms with Gasteiger partial charge in [0.2, 0.25) is 0 Å². The van der Waals surface area contributed by atoms with E-state index in [9.17, 15) is 13.2 Å². The zero-order valence-corrected chi connectivity index (χ0v) is 9.46. The minimum absolute atomic E-state index is 0.0254. The van der Waals surface area contributed by atoms with E-state index < -0.39 is 12.6 Å². The Morgan fingerprint density at radius 2 is 2.06 bits per heavy atom. The number of rotatable bonds is 3. The molecule has 2 aromatic heterocycles. The van der Waals surface area contributed by atoms with Crippen LogP contribution in [0.2, 0.25) is 5.15 Å². The molecule has 0 aliphatic carbocycles. The van der Waals surface area contributed by atoms with Gasteiger partial charge in [-0.1, -0.05) is 11.6 Å². The van der Waals surface area contributed by atoms with Crippen LogP contribution in [-0.2, 0) is 6.54 Å². The summed E-state index contributed by atoms with van der Waals surface area (Å²) in [6, 6.07) is 3.29. The Kier molecular flexibility index (Phi) is 3.24. The molecule has 92 valence electrons. The Bertz CT molecular complexity index is 521. The molecule has 0 aromatic carbocycles. The third-order valence-corrected chi connectivity index (χ3v) is 2.52. The van der Waals surface area contributed by atoms with Gasteiger partial charge in [0.25, 0.3) is 0 Å². The maximum absolute atomic E-state index is 12.0. The zero-order valence-electron chi connectivity index (χ0n) is 8.71. The molecule has 0 aliphatic rings. The van der Waals surface area contributed by atoms with Crippen LogP contribution in [-0.4, -0.2) is 20.7 Å². The Labute approximate surface area is 100 Å². The number of aromatic nitrogens is 3. The number of aryl methyl sites for hydroxylation is 1. The summed E-state index contributed by atoms with van der Waals surface area (Å²) in [5, 5.41) is 0.318. The molecule has 0 amide bonds. The second kappa shape index (κ2) is 4.52. The van der Waals surface area contributed by atoms with Crippen molar-refractivity contribution in [2.45, 2.75) is 25.6 Å². The highest BCUT2D eigenvalue weighted by Crippen LogP contribution is 2.22. The van der Waals surface area contributed by atoms with Gasteiger partial charge in [-0.3, -0.25) is 0 Å². The fourth-order valence-electron chi connectivity index (χ4n) is 1.55. The van der Waals surface area contributed by atoms with E-state index in [0.717, 1.165) is 0 Å². The third-order valence-electron chi connectivity index (χ3n) is 2.31. The molecule has 0 saturated carbocycles. The van der Waals surface area contributed by atoms with Crippen molar-refractivity contribution in [3.63, 3.8) is 0 Å². The maximum atomic E-state index is 12.0. The summed E-state index contributed by atoms with van der Waals surface area (Å²) in [7, 11) is 0. The van der Waals surface area contributed by atoms with Gasteiger partial charge < -0.3 is 4.57 Å². The molecule has 3 nitrogen and oxygen atoms in total. The smallest absolute Gasteiger partial charge is 0.329 e. The van der Waals surface area contributed by atoms with E-state index in [4.69, 9.17) is 11.6 Å². The van der Waals surface area contributed by atoms with Crippen LogP contribution in [0.15, 0.2) is 18.5 Å². The lowest BCUT2D eigenvalue weighted by molar-refractivity contribution is -0.135. The molecule has 0 N–H and O–H groups in total. The van der Waals surface area contributed by atoms with Crippen molar-refractivity contribution in [3.8, 4) is 0 Å². The van der Waals surface area contributed by atoms with E-state index in [0.29, 0.717) is 16.3 Å². The molecule has 2 rings (SSSR count). The molecular formula is C10H9ClF3N3. The van der Waals surface area contributed by atoms with Gasteiger partial charge in [0.05, 0.1) is 11.8 Å². The standard InChI is InChI=1S/C10H9ClF3N3/c11-8-3-2-7-9(16-8)15-6-17(7)5-1-4-10(12,13)14/h2-3,6H,1,4-5H2. The minimum Gasteiger partial charge on any atom is -0.329 e. The monoisotopic (exact) mass is 263 g/mol. The van der Waals surface area contributed by atoms with Gasteiger partial charge in [-0.2, -0.15) is 13.2 Å². The summed E-state index contributed by atoms with van der Waals surface area (Å²) in [5.74, 6) is 0. The molecule has 0 fully saturated rings. The van der Waals surface area contributed by atoms with Crippen molar-refractivity contribution in [1.29, 1.82) is 0 Å². The van der Waals surface area contributed by atoms with Crippen LogP contribution < -0.4 is 0 Å². The van der Waals surface area contributed by atoms with Gasteiger partial charge in [-0.15, -0.1) is 0 Å². The number of nitrogens with zero attached hydrogens (tertiary/aromatic N) is 3. The number of alkyl halides is 3. The van der Waals surface area contributed by atoms with Crippen molar-refractivity contribution in [1.82, 2.24) is 14.5 Å². The first kappa shape index (κ1) is 12.2. The van der Waals surface area contributed by atoms with Crippen molar-refractivity contribution in [2.75, 3.05) is 0 Å². The molecule has 0 spiro atoms. The molecule has 0 unspecified atom stereocenters. The predicted octanol–water partition coefficient (Wildman–Crippen LogP) is 3.43. The molecule has 0 atom stereocenters. The zero-order chi connectivity index (χ0) is 12.5. The largest absolute Gasteiger partial charge is 0.389 e. The lowest BCUT2D eigenvalue weighted by Crippen LogP contribution is -2.08. The molecule has 0 aliphatic heterocycles. The molecule has 0 radical (unpaired) electrons. The lowest BCUT2D eigenvalue weighted by atomic mass is 10.3.